The van der Waals surface area contributed by atoms with Gasteiger partial charge in [-0.05, 0) is 61.2 Å². The second-order valence-electron chi connectivity index (χ2n) is 8.37. The van der Waals surface area contributed by atoms with Crippen LogP contribution in [0.2, 0.25) is 0 Å². The van der Waals surface area contributed by atoms with E-state index in [1.165, 1.54) is 4.31 Å². The van der Waals surface area contributed by atoms with Crippen LogP contribution in [0.3, 0.4) is 0 Å². The number of hydrogen-bond donors (Lipinski definition) is 2. The number of amides is 2. The third-order valence-electron chi connectivity index (χ3n) is 5.42. The van der Waals surface area contributed by atoms with E-state index in [1.54, 1.807) is 42.7 Å². The highest BCUT2D eigenvalue weighted by Crippen LogP contribution is 2.24. The highest BCUT2D eigenvalue weighted by atomic mass is 32.2. The third kappa shape index (κ3) is 7.38. The molecule has 0 radical (unpaired) electrons. The average molecular weight is 495 g/mol. The minimum absolute atomic E-state index is 0.0997. The molecule has 8 nitrogen and oxygen atoms in total. The summed E-state index contributed by atoms with van der Waals surface area (Å²) in [6, 6.07) is 16.1. The molecule has 0 saturated carbocycles. The molecule has 0 saturated heterocycles. The van der Waals surface area contributed by atoms with E-state index in [2.05, 4.69) is 15.6 Å². The Labute approximate surface area is 206 Å². The van der Waals surface area contributed by atoms with Crippen molar-refractivity contribution in [1.82, 2.24) is 10.3 Å². The number of anilines is 2. The maximum Gasteiger partial charge on any atom is 0.253 e. The molecular formula is C26H30N4O4S. The summed E-state index contributed by atoms with van der Waals surface area (Å²) in [4.78, 5) is 29.4. The number of nitrogens with zero attached hydrogens (tertiary/aromatic N) is 2. The van der Waals surface area contributed by atoms with Crippen LogP contribution in [0.15, 0.2) is 67.0 Å². The van der Waals surface area contributed by atoms with Crippen molar-refractivity contribution in [3.63, 3.8) is 0 Å². The van der Waals surface area contributed by atoms with Crippen LogP contribution in [-0.4, -0.2) is 38.0 Å². The van der Waals surface area contributed by atoms with Gasteiger partial charge in [0.15, 0.2) is 0 Å². The van der Waals surface area contributed by atoms with E-state index in [0.717, 1.165) is 22.9 Å². The van der Waals surface area contributed by atoms with E-state index in [-0.39, 0.29) is 24.8 Å². The molecule has 0 unspecified atom stereocenters. The van der Waals surface area contributed by atoms with E-state index >= 15 is 0 Å². The number of aromatic nitrogens is 1. The van der Waals surface area contributed by atoms with Crippen LogP contribution >= 0.6 is 0 Å². The molecule has 0 bridgehead atoms. The van der Waals surface area contributed by atoms with Crippen LogP contribution in [-0.2, 0) is 21.4 Å². The standard InChI is InChI=1S/C26H30N4O4S/c1-19-12-13-20(2)24(16-19)30(35(3,33)34)15-7-11-25(31)29-23-10-5-4-9-22(23)26(32)28-18-21-8-6-14-27-17-21/h4-6,8-10,12-14,16-17H,7,11,15,18H2,1-3H3,(H,28,32)(H,29,31). The van der Waals surface area contributed by atoms with Crippen LogP contribution < -0.4 is 14.9 Å². The van der Waals surface area contributed by atoms with Crippen LogP contribution in [0.4, 0.5) is 11.4 Å². The molecule has 2 amide bonds. The van der Waals surface area contributed by atoms with Crippen molar-refractivity contribution >= 4 is 33.2 Å². The Balaban J connectivity index is 1.61. The zero-order chi connectivity index (χ0) is 25.4. The number of carbonyl (C=O) groups excluding carboxylic acids is 2. The van der Waals surface area contributed by atoms with E-state index < -0.39 is 10.0 Å². The lowest BCUT2D eigenvalue weighted by Crippen LogP contribution is -2.32. The molecule has 1 aromatic heterocycles. The summed E-state index contributed by atoms with van der Waals surface area (Å²) in [5.74, 6) is -0.616. The number of para-hydroxylation sites is 1. The second kappa shape index (κ2) is 11.6. The zero-order valence-electron chi connectivity index (χ0n) is 20.1. The molecule has 3 aromatic rings. The van der Waals surface area contributed by atoms with Crippen molar-refractivity contribution in [2.45, 2.75) is 33.2 Å². The maximum atomic E-state index is 12.7. The van der Waals surface area contributed by atoms with Gasteiger partial charge >= 0.3 is 0 Å². The molecule has 1 heterocycles. The first-order valence-electron chi connectivity index (χ1n) is 11.3. The predicted octanol–water partition coefficient (Wildman–Crippen LogP) is 3.81. The number of benzene rings is 2. The van der Waals surface area contributed by atoms with Crippen molar-refractivity contribution in [2.24, 2.45) is 0 Å². The Morgan fingerprint density at radius 2 is 1.80 bits per heavy atom. The van der Waals surface area contributed by atoms with Gasteiger partial charge in [-0.25, -0.2) is 8.42 Å². The lowest BCUT2D eigenvalue weighted by molar-refractivity contribution is -0.116. The van der Waals surface area contributed by atoms with Gasteiger partial charge in [-0.3, -0.25) is 18.9 Å². The normalized spacial score (nSPS) is 11.1. The largest absolute Gasteiger partial charge is 0.348 e. The number of aryl methyl sites for hydroxylation is 2. The fraction of sp³-hybridized carbons (Fsp3) is 0.269. The second-order valence-corrected chi connectivity index (χ2v) is 10.3. The molecule has 0 atom stereocenters. The van der Waals surface area contributed by atoms with Crippen molar-refractivity contribution in [1.29, 1.82) is 0 Å². The van der Waals surface area contributed by atoms with E-state index in [1.807, 2.05) is 38.1 Å². The van der Waals surface area contributed by atoms with E-state index in [9.17, 15) is 18.0 Å². The first kappa shape index (κ1) is 25.9. The van der Waals surface area contributed by atoms with Crippen LogP contribution in [0, 0.1) is 13.8 Å². The molecule has 0 aliphatic carbocycles. The molecule has 35 heavy (non-hydrogen) atoms. The first-order valence-corrected chi connectivity index (χ1v) is 13.1. The van der Waals surface area contributed by atoms with Gasteiger partial charge in [0.2, 0.25) is 15.9 Å². The average Bonchev–Trinajstić information content (AvgIpc) is 2.82. The summed E-state index contributed by atoms with van der Waals surface area (Å²) >= 11 is 0. The van der Waals surface area contributed by atoms with Crippen LogP contribution in [0.25, 0.3) is 0 Å². The molecule has 0 fully saturated rings. The Morgan fingerprint density at radius 1 is 1.03 bits per heavy atom. The van der Waals surface area contributed by atoms with Crippen molar-refractivity contribution < 1.29 is 18.0 Å². The zero-order valence-corrected chi connectivity index (χ0v) is 20.9. The van der Waals surface area contributed by atoms with Crippen molar-refractivity contribution in [3.8, 4) is 0 Å². The number of rotatable bonds is 10. The maximum absolute atomic E-state index is 12.7. The Hall–Kier alpha value is -3.72. The molecule has 184 valence electrons. The number of carbonyl (C=O) groups is 2. The van der Waals surface area contributed by atoms with Crippen LogP contribution in [0.5, 0.6) is 0 Å². The highest BCUT2D eigenvalue weighted by molar-refractivity contribution is 7.92. The van der Waals surface area contributed by atoms with E-state index in [0.29, 0.717) is 29.9 Å². The Kier molecular flexibility index (Phi) is 8.59. The Morgan fingerprint density at radius 3 is 2.51 bits per heavy atom. The lowest BCUT2D eigenvalue weighted by atomic mass is 10.1. The summed E-state index contributed by atoms with van der Waals surface area (Å²) in [6.07, 6.45) is 4.92. The van der Waals surface area contributed by atoms with Gasteiger partial charge in [-0.1, -0.05) is 30.3 Å². The molecule has 0 aliphatic rings. The van der Waals surface area contributed by atoms with Gasteiger partial charge < -0.3 is 10.6 Å². The highest BCUT2D eigenvalue weighted by Gasteiger charge is 2.20. The molecule has 3 rings (SSSR count). The lowest BCUT2D eigenvalue weighted by Gasteiger charge is -2.24. The molecular weight excluding hydrogens is 464 g/mol. The topological polar surface area (TPSA) is 108 Å². The number of nitrogens with one attached hydrogen (secondary N) is 2. The number of pyridine rings is 1. The van der Waals surface area contributed by atoms with Crippen LogP contribution in [0.1, 0.15) is 39.9 Å². The summed E-state index contributed by atoms with van der Waals surface area (Å²) in [7, 11) is -3.52. The molecule has 9 heteroatoms. The minimum Gasteiger partial charge on any atom is -0.348 e. The van der Waals surface area contributed by atoms with Crippen molar-refractivity contribution in [2.75, 3.05) is 22.4 Å². The van der Waals surface area contributed by atoms with Gasteiger partial charge in [0, 0.05) is 31.9 Å². The summed E-state index contributed by atoms with van der Waals surface area (Å²) < 4.78 is 26.2. The monoisotopic (exact) mass is 494 g/mol. The molecule has 2 N–H and O–H groups in total. The number of sulfonamides is 1. The SMILES string of the molecule is Cc1ccc(C)c(N(CCCC(=O)Nc2ccccc2C(=O)NCc2cccnc2)S(C)(=O)=O)c1. The molecule has 2 aromatic carbocycles. The predicted molar refractivity (Wildman–Crippen MR) is 138 cm³/mol. The minimum atomic E-state index is -3.52. The number of hydrogen-bond acceptors (Lipinski definition) is 5. The summed E-state index contributed by atoms with van der Waals surface area (Å²) in [5, 5.41) is 5.61. The van der Waals surface area contributed by atoms with Gasteiger partial charge in [-0.2, -0.15) is 0 Å². The first-order chi connectivity index (χ1) is 16.6. The molecule has 0 spiro atoms. The molecule has 0 aliphatic heterocycles. The van der Waals surface area contributed by atoms with Crippen molar-refractivity contribution in [3.05, 3.63) is 89.2 Å². The Bertz CT molecular complexity index is 1290. The fourth-order valence-electron chi connectivity index (χ4n) is 3.62. The smallest absolute Gasteiger partial charge is 0.253 e. The fourth-order valence-corrected chi connectivity index (χ4v) is 4.63. The summed E-state index contributed by atoms with van der Waals surface area (Å²) in [6.45, 7) is 4.25. The van der Waals surface area contributed by atoms with Gasteiger partial charge in [-0.15, -0.1) is 0 Å². The van der Waals surface area contributed by atoms with Gasteiger partial charge in [0.1, 0.15) is 0 Å². The summed E-state index contributed by atoms with van der Waals surface area (Å²) in [5.41, 5.74) is 4.02. The van der Waals surface area contributed by atoms with E-state index in [4.69, 9.17) is 0 Å². The van der Waals surface area contributed by atoms with Gasteiger partial charge in [0.25, 0.3) is 5.91 Å². The third-order valence-corrected chi connectivity index (χ3v) is 6.60. The van der Waals surface area contributed by atoms with Gasteiger partial charge in [0.05, 0.1) is 23.2 Å². The quantitative estimate of drug-likeness (QED) is 0.446.